The molecular weight excluding hydrogens is 416 g/mol. The predicted octanol–water partition coefficient (Wildman–Crippen LogP) is 2.56. The Morgan fingerprint density at radius 1 is 0.968 bits per heavy atom. The number of aromatic nitrogens is 2. The molecule has 3 rings (SSSR count). The number of amides is 1. The molecule has 0 aliphatic carbocycles. The van der Waals surface area contributed by atoms with Gasteiger partial charge in [-0.2, -0.15) is 0 Å². The van der Waals surface area contributed by atoms with Crippen LogP contribution in [0.2, 0.25) is 0 Å². The third-order valence-corrected chi connectivity index (χ3v) is 6.02. The zero-order valence-corrected chi connectivity index (χ0v) is 19.6. The van der Waals surface area contributed by atoms with E-state index < -0.39 is 0 Å². The van der Waals surface area contributed by atoms with Crippen molar-refractivity contribution in [1.82, 2.24) is 19.8 Å². The maximum absolute atomic E-state index is 12.6. The Kier molecular flexibility index (Phi) is 7.97. The van der Waals surface area contributed by atoms with Gasteiger partial charge in [-0.1, -0.05) is 17.8 Å². The fourth-order valence-corrected chi connectivity index (χ4v) is 4.51. The first-order valence-electron chi connectivity index (χ1n) is 10.2. The molecule has 1 fully saturated rings. The van der Waals surface area contributed by atoms with E-state index in [4.69, 9.17) is 14.2 Å². The molecule has 2 heterocycles. The van der Waals surface area contributed by atoms with E-state index >= 15 is 0 Å². The van der Waals surface area contributed by atoms with E-state index in [-0.39, 0.29) is 5.91 Å². The lowest BCUT2D eigenvalue weighted by molar-refractivity contribution is -0.130. The highest BCUT2D eigenvalue weighted by Crippen LogP contribution is 2.40. The van der Waals surface area contributed by atoms with Crippen molar-refractivity contribution in [3.63, 3.8) is 0 Å². The van der Waals surface area contributed by atoms with E-state index in [9.17, 15) is 4.79 Å². The molecule has 0 spiro atoms. The van der Waals surface area contributed by atoms with Crippen LogP contribution in [0.1, 0.15) is 17.0 Å². The second kappa shape index (κ2) is 10.7. The van der Waals surface area contributed by atoms with Crippen LogP contribution in [0.4, 0.5) is 0 Å². The summed E-state index contributed by atoms with van der Waals surface area (Å²) in [6.07, 6.45) is 0. The zero-order chi connectivity index (χ0) is 22.4. The van der Waals surface area contributed by atoms with E-state index in [0.717, 1.165) is 36.6 Å². The topological polar surface area (TPSA) is 77.0 Å². The van der Waals surface area contributed by atoms with Crippen LogP contribution in [0.25, 0.3) is 0 Å². The van der Waals surface area contributed by atoms with Crippen molar-refractivity contribution in [3.8, 4) is 17.2 Å². The summed E-state index contributed by atoms with van der Waals surface area (Å²) in [5.41, 5.74) is 2.87. The van der Waals surface area contributed by atoms with Crippen LogP contribution < -0.4 is 14.2 Å². The largest absolute Gasteiger partial charge is 0.493 e. The molecule has 0 N–H and O–H groups in total. The maximum Gasteiger partial charge on any atom is 0.233 e. The molecule has 2 aromatic rings. The normalized spacial score (nSPS) is 14.4. The Morgan fingerprint density at radius 3 is 2.19 bits per heavy atom. The fraction of sp³-hybridized carbons (Fsp3) is 0.500. The maximum atomic E-state index is 12.6. The van der Waals surface area contributed by atoms with Gasteiger partial charge < -0.3 is 19.1 Å². The molecule has 0 radical (unpaired) electrons. The molecule has 1 aliphatic rings. The molecule has 1 saturated heterocycles. The summed E-state index contributed by atoms with van der Waals surface area (Å²) in [6, 6.07) is 5.82. The van der Waals surface area contributed by atoms with Gasteiger partial charge in [0.15, 0.2) is 16.7 Å². The molecule has 1 aliphatic heterocycles. The highest BCUT2D eigenvalue weighted by atomic mass is 32.2. The van der Waals surface area contributed by atoms with Crippen molar-refractivity contribution in [1.29, 1.82) is 0 Å². The molecule has 1 aromatic heterocycles. The lowest BCUT2D eigenvalue weighted by Crippen LogP contribution is -2.48. The Hall–Kier alpha value is -2.52. The molecule has 8 nitrogen and oxygen atoms in total. The van der Waals surface area contributed by atoms with E-state index in [0.29, 0.717) is 41.2 Å². The van der Waals surface area contributed by atoms with E-state index in [2.05, 4.69) is 14.9 Å². The first-order valence-corrected chi connectivity index (χ1v) is 11.2. The van der Waals surface area contributed by atoms with Crippen molar-refractivity contribution in [3.05, 3.63) is 35.2 Å². The van der Waals surface area contributed by atoms with Gasteiger partial charge >= 0.3 is 0 Å². The summed E-state index contributed by atoms with van der Waals surface area (Å²) in [4.78, 5) is 25.7. The molecule has 168 valence electrons. The number of ether oxygens (including phenoxy) is 3. The van der Waals surface area contributed by atoms with Gasteiger partial charge in [-0.05, 0) is 26.0 Å². The first kappa shape index (κ1) is 23.1. The number of hydrogen-bond acceptors (Lipinski definition) is 8. The SMILES string of the molecule is COc1ccc(CN2CCN(C(=O)CSc3nc(C)cc(C)n3)CC2)c(OC)c1OC. The number of benzene rings is 1. The van der Waals surface area contributed by atoms with Gasteiger partial charge in [0, 0.05) is 49.7 Å². The second-order valence-corrected chi connectivity index (χ2v) is 8.31. The summed E-state index contributed by atoms with van der Waals surface area (Å²) in [5, 5.41) is 0.657. The Bertz CT molecular complexity index is 896. The molecular formula is C22H30N4O4S. The van der Waals surface area contributed by atoms with Crippen molar-refractivity contribution < 1.29 is 19.0 Å². The lowest BCUT2D eigenvalue weighted by atomic mass is 10.1. The Labute approximate surface area is 187 Å². The molecule has 0 saturated carbocycles. The van der Waals surface area contributed by atoms with Crippen LogP contribution in [0.5, 0.6) is 17.2 Å². The number of methoxy groups -OCH3 is 3. The van der Waals surface area contributed by atoms with Crippen molar-refractivity contribution >= 4 is 17.7 Å². The van der Waals surface area contributed by atoms with Crippen LogP contribution in [-0.2, 0) is 11.3 Å². The summed E-state index contributed by atoms with van der Waals surface area (Å²) >= 11 is 1.40. The predicted molar refractivity (Wildman–Crippen MR) is 120 cm³/mol. The molecule has 31 heavy (non-hydrogen) atoms. The number of rotatable bonds is 8. The van der Waals surface area contributed by atoms with Crippen molar-refractivity contribution in [2.24, 2.45) is 0 Å². The van der Waals surface area contributed by atoms with Crippen molar-refractivity contribution in [2.45, 2.75) is 25.5 Å². The van der Waals surface area contributed by atoms with Crippen LogP contribution in [-0.4, -0.2) is 78.9 Å². The quantitative estimate of drug-likeness (QED) is 0.452. The summed E-state index contributed by atoms with van der Waals surface area (Å²) in [7, 11) is 4.85. The molecule has 1 amide bonds. The number of carbonyl (C=O) groups is 1. The minimum absolute atomic E-state index is 0.121. The third-order valence-electron chi connectivity index (χ3n) is 5.19. The molecule has 0 bridgehead atoms. The number of nitrogens with zero attached hydrogens (tertiary/aromatic N) is 4. The van der Waals surface area contributed by atoms with Crippen LogP contribution in [0.3, 0.4) is 0 Å². The summed E-state index contributed by atoms with van der Waals surface area (Å²) in [6.45, 7) is 7.59. The van der Waals surface area contributed by atoms with Crippen LogP contribution >= 0.6 is 11.8 Å². The van der Waals surface area contributed by atoms with Crippen molar-refractivity contribution in [2.75, 3.05) is 53.3 Å². The monoisotopic (exact) mass is 446 g/mol. The Morgan fingerprint density at radius 2 is 1.61 bits per heavy atom. The minimum atomic E-state index is 0.121. The number of aryl methyl sites for hydroxylation is 2. The number of carbonyl (C=O) groups excluding carboxylic acids is 1. The smallest absolute Gasteiger partial charge is 0.233 e. The minimum Gasteiger partial charge on any atom is -0.493 e. The van der Waals surface area contributed by atoms with Gasteiger partial charge in [0.25, 0.3) is 0 Å². The molecule has 9 heteroatoms. The van der Waals surface area contributed by atoms with Crippen LogP contribution in [0.15, 0.2) is 23.4 Å². The highest BCUT2D eigenvalue weighted by molar-refractivity contribution is 7.99. The van der Waals surface area contributed by atoms with Gasteiger partial charge in [0.05, 0.1) is 27.1 Å². The molecule has 1 aromatic carbocycles. The standard InChI is InChI=1S/C22H30N4O4S/c1-15-12-16(2)24-22(23-15)31-14-19(27)26-10-8-25(9-11-26)13-17-6-7-18(28-3)21(30-5)20(17)29-4/h6-7,12H,8-11,13-14H2,1-5H3. The second-order valence-electron chi connectivity index (χ2n) is 7.37. The van der Waals surface area contributed by atoms with E-state index in [1.54, 1.807) is 21.3 Å². The zero-order valence-electron chi connectivity index (χ0n) is 18.8. The average molecular weight is 447 g/mol. The summed E-state index contributed by atoms with van der Waals surface area (Å²) < 4.78 is 16.4. The number of hydrogen-bond donors (Lipinski definition) is 0. The van der Waals surface area contributed by atoms with Gasteiger partial charge in [-0.3, -0.25) is 9.69 Å². The highest BCUT2D eigenvalue weighted by Gasteiger charge is 2.23. The van der Waals surface area contributed by atoms with Gasteiger partial charge in [0.1, 0.15) is 0 Å². The lowest BCUT2D eigenvalue weighted by Gasteiger charge is -2.35. The van der Waals surface area contributed by atoms with Crippen LogP contribution in [0, 0.1) is 13.8 Å². The van der Waals surface area contributed by atoms with Gasteiger partial charge in [-0.15, -0.1) is 0 Å². The average Bonchev–Trinajstić information content (AvgIpc) is 2.76. The van der Waals surface area contributed by atoms with E-state index in [1.165, 1.54) is 11.8 Å². The fourth-order valence-electron chi connectivity index (χ4n) is 3.66. The molecule has 0 unspecified atom stereocenters. The Balaban J connectivity index is 1.54. The number of thioether (sulfide) groups is 1. The molecule has 0 atom stereocenters. The van der Waals surface area contributed by atoms with E-state index in [1.807, 2.05) is 36.9 Å². The van der Waals surface area contributed by atoms with Gasteiger partial charge in [-0.25, -0.2) is 9.97 Å². The van der Waals surface area contributed by atoms with Gasteiger partial charge in [0.2, 0.25) is 11.7 Å². The third kappa shape index (κ3) is 5.80. The first-order chi connectivity index (χ1) is 14.9. The summed E-state index contributed by atoms with van der Waals surface area (Å²) in [5.74, 6) is 2.40. The number of piperazine rings is 1.